The molecule has 2 N–H and O–H groups in total. The smallest absolute Gasteiger partial charge is 0.0221 e. The van der Waals surface area contributed by atoms with Crippen LogP contribution in [0.2, 0.25) is 0 Å². The molecule has 0 aliphatic heterocycles. The van der Waals surface area contributed by atoms with E-state index >= 15 is 0 Å². The molecular weight excluding hydrogens is 266 g/mol. The summed E-state index contributed by atoms with van der Waals surface area (Å²) in [4.78, 5) is 0. The van der Waals surface area contributed by atoms with Gasteiger partial charge in [0.2, 0.25) is 0 Å². The summed E-state index contributed by atoms with van der Waals surface area (Å²) in [6.45, 7) is 6.02. The second kappa shape index (κ2) is 18.7. The van der Waals surface area contributed by atoms with Gasteiger partial charge in [-0.3, -0.25) is 0 Å². The summed E-state index contributed by atoms with van der Waals surface area (Å²) in [5.74, 6) is 0. The summed E-state index contributed by atoms with van der Waals surface area (Å²) in [6, 6.07) is 0.214. The minimum absolute atomic E-state index is 0.214. The van der Waals surface area contributed by atoms with Crippen molar-refractivity contribution in [1.82, 2.24) is 0 Å². The maximum atomic E-state index is 5.82. The largest absolute Gasteiger partial charge is 0.324 e. The number of hydrogen-bond acceptors (Lipinski definition) is 1. The van der Waals surface area contributed by atoms with Crippen LogP contribution in [0.5, 0.6) is 0 Å². The summed E-state index contributed by atoms with van der Waals surface area (Å²) in [5.41, 5.74) is 5.82. The van der Waals surface area contributed by atoms with E-state index in [1.54, 1.807) is 0 Å². The molecule has 0 aromatic heterocycles. The van der Waals surface area contributed by atoms with Crippen LogP contribution >= 0.6 is 0 Å². The zero-order chi connectivity index (χ0) is 16.3. The Morgan fingerprint density at radius 2 is 0.955 bits per heavy atom. The Labute approximate surface area is 141 Å². The minimum atomic E-state index is 0.214. The van der Waals surface area contributed by atoms with Gasteiger partial charge in [0.05, 0.1) is 0 Å². The standard InChI is InChI=1S/C21H43N/c1-3-5-6-7-8-9-10-11-12-13-14-15-16-17-18-19-20-21(22)4-2/h4,21H,2-3,5-20,22H2,1H3. The van der Waals surface area contributed by atoms with Crippen molar-refractivity contribution >= 4 is 0 Å². The molecule has 0 saturated carbocycles. The average Bonchev–Trinajstić information content (AvgIpc) is 2.54. The van der Waals surface area contributed by atoms with E-state index in [-0.39, 0.29) is 6.04 Å². The Morgan fingerprint density at radius 1 is 0.636 bits per heavy atom. The van der Waals surface area contributed by atoms with E-state index < -0.39 is 0 Å². The first-order valence-corrected chi connectivity index (χ1v) is 10.2. The first kappa shape index (κ1) is 21.7. The van der Waals surface area contributed by atoms with Gasteiger partial charge in [-0.05, 0) is 6.42 Å². The van der Waals surface area contributed by atoms with Crippen LogP contribution in [0.15, 0.2) is 12.7 Å². The highest BCUT2D eigenvalue weighted by Gasteiger charge is 1.97. The van der Waals surface area contributed by atoms with Crippen molar-refractivity contribution in [2.24, 2.45) is 5.73 Å². The molecule has 1 unspecified atom stereocenters. The van der Waals surface area contributed by atoms with Gasteiger partial charge in [0.15, 0.2) is 0 Å². The lowest BCUT2D eigenvalue weighted by Crippen LogP contribution is -2.15. The molecule has 0 aliphatic rings. The van der Waals surface area contributed by atoms with E-state index in [1.165, 1.54) is 103 Å². The molecule has 0 aromatic rings. The molecule has 1 atom stereocenters. The van der Waals surface area contributed by atoms with Crippen molar-refractivity contribution in [1.29, 1.82) is 0 Å². The number of hydrogen-bond donors (Lipinski definition) is 1. The molecule has 132 valence electrons. The zero-order valence-corrected chi connectivity index (χ0v) is 15.5. The summed E-state index contributed by atoms with van der Waals surface area (Å²) in [6.07, 6.45) is 25.8. The highest BCUT2D eigenvalue weighted by molar-refractivity contribution is 4.81. The van der Waals surface area contributed by atoms with Crippen molar-refractivity contribution in [2.75, 3.05) is 0 Å². The van der Waals surface area contributed by atoms with Crippen molar-refractivity contribution in [3.63, 3.8) is 0 Å². The molecule has 0 spiro atoms. The molecule has 0 amide bonds. The van der Waals surface area contributed by atoms with Gasteiger partial charge in [0.25, 0.3) is 0 Å². The normalized spacial score (nSPS) is 12.5. The van der Waals surface area contributed by atoms with Gasteiger partial charge < -0.3 is 5.73 Å². The molecule has 0 aromatic carbocycles. The van der Waals surface area contributed by atoms with E-state index in [4.69, 9.17) is 5.73 Å². The number of rotatable bonds is 18. The Kier molecular flexibility index (Phi) is 18.5. The van der Waals surface area contributed by atoms with Crippen molar-refractivity contribution in [3.05, 3.63) is 12.7 Å². The van der Waals surface area contributed by atoms with Crippen LogP contribution in [0.1, 0.15) is 116 Å². The van der Waals surface area contributed by atoms with Crippen molar-refractivity contribution in [2.45, 2.75) is 122 Å². The maximum Gasteiger partial charge on any atom is 0.0221 e. The molecule has 0 aliphatic carbocycles. The second-order valence-electron chi connectivity index (χ2n) is 6.99. The van der Waals surface area contributed by atoms with E-state index in [1.807, 2.05) is 6.08 Å². The van der Waals surface area contributed by atoms with E-state index in [9.17, 15) is 0 Å². The van der Waals surface area contributed by atoms with Crippen molar-refractivity contribution < 1.29 is 0 Å². The van der Waals surface area contributed by atoms with Gasteiger partial charge in [0, 0.05) is 6.04 Å². The molecule has 0 bridgehead atoms. The predicted octanol–water partition coefficient (Wildman–Crippen LogP) is 7.15. The molecule has 22 heavy (non-hydrogen) atoms. The van der Waals surface area contributed by atoms with Gasteiger partial charge in [-0.2, -0.15) is 0 Å². The van der Waals surface area contributed by atoms with Crippen LogP contribution in [-0.2, 0) is 0 Å². The summed E-state index contributed by atoms with van der Waals surface area (Å²) < 4.78 is 0. The Hall–Kier alpha value is -0.300. The summed E-state index contributed by atoms with van der Waals surface area (Å²) >= 11 is 0. The maximum absolute atomic E-state index is 5.82. The van der Waals surface area contributed by atoms with Crippen LogP contribution < -0.4 is 5.73 Å². The molecule has 0 rings (SSSR count). The Morgan fingerprint density at radius 3 is 1.27 bits per heavy atom. The highest BCUT2D eigenvalue weighted by Crippen LogP contribution is 2.14. The van der Waals surface area contributed by atoms with Crippen LogP contribution in [0.4, 0.5) is 0 Å². The topological polar surface area (TPSA) is 26.0 Å². The highest BCUT2D eigenvalue weighted by atomic mass is 14.6. The molecule has 1 heteroatoms. The SMILES string of the molecule is C=CC(N)CCCCCCCCCCCCCCCCCC. The van der Waals surface area contributed by atoms with Gasteiger partial charge >= 0.3 is 0 Å². The third-order valence-electron chi connectivity index (χ3n) is 4.69. The van der Waals surface area contributed by atoms with Crippen LogP contribution in [-0.4, -0.2) is 6.04 Å². The van der Waals surface area contributed by atoms with Crippen LogP contribution in [0.25, 0.3) is 0 Å². The summed E-state index contributed by atoms with van der Waals surface area (Å²) in [7, 11) is 0. The lowest BCUT2D eigenvalue weighted by Gasteiger charge is -2.05. The fourth-order valence-corrected chi connectivity index (χ4v) is 3.05. The Bertz CT molecular complexity index is 212. The van der Waals surface area contributed by atoms with Gasteiger partial charge in [0.1, 0.15) is 0 Å². The Balaban J connectivity index is 2.98. The van der Waals surface area contributed by atoms with Gasteiger partial charge in [-0.1, -0.05) is 116 Å². The van der Waals surface area contributed by atoms with Gasteiger partial charge in [-0.15, -0.1) is 6.58 Å². The quantitative estimate of drug-likeness (QED) is 0.211. The molecule has 0 fully saturated rings. The first-order chi connectivity index (χ1) is 10.8. The lowest BCUT2D eigenvalue weighted by atomic mass is 10.0. The third kappa shape index (κ3) is 17.8. The monoisotopic (exact) mass is 309 g/mol. The molecule has 0 saturated heterocycles. The second-order valence-corrected chi connectivity index (χ2v) is 6.99. The van der Waals surface area contributed by atoms with Crippen LogP contribution in [0.3, 0.4) is 0 Å². The molecule has 0 heterocycles. The summed E-state index contributed by atoms with van der Waals surface area (Å²) in [5, 5.41) is 0. The third-order valence-corrected chi connectivity index (χ3v) is 4.69. The fraction of sp³-hybridized carbons (Fsp3) is 0.905. The van der Waals surface area contributed by atoms with E-state index in [0.29, 0.717) is 0 Å². The zero-order valence-electron chi connectivity index (χ0n) is 15.5. The van der Waals surface area contributed by atoms with Crippen molar-refractivity contribution in [3.8, 4) is 0 Å². The predicted molar refractivity (Wildman–Crippen MR) is 102 cm³/mol. The average molecular weight is 310 g/mol. The lowest BCUT2D eigenvalue weighted by molar-refractivity contribution is 0.524. The molecular formula is C21H43N. The van der Waals surface area contributed by atoms with Gasteiger partial charge in [-0.25, -0.2) is 0 Å². The van der Waals surface area contributed by atoms with E-state index in [0.717, 1.165) is 6.42 Å². The van der Waals surface area contributed by atoms with Crippen LogP contribution in [0, 0.1) is 0 Å². The molecule has 1 nitrogen and oxygen atoms in total. The van der Waals surface area contributed by atoms with E-state index in [2.05, 4.69) is 13.5 Å². The minimum Gasteiger partial charge on any atom is -0.324 e. The number of nitrogens with two attached hydrogens (primary N) is 1. The molecule has 0 radical (unpaired) electrons. The number of unbranched alkanes of at least 4 members (excludes halogenated alkanes) is 15. The first-order valence-electron chi connectivity index (χ1n) is 10.2. The fourth-order valence-electron chi connectivity index (χ4n) is 3.05.